The summed E-state index contributed by atoms with van der Waals surface area (Å²) >= 11 is 0. The Balaban J connectivity index is 2.75. The molecule has 0 heterocycles. The number of nitrogens with zero attached hydrogens (tertiary/aromatic N) is 1. The predicted octanol–water partition coefficient (Wildman–Crippen LogP) is 3.43. The fraction of sp³-hybridized carbons (Fsp3) is 0.647. The van der Waals surface area contributed by atoms with Crippen LogP contribution in [0.3, 0.4) is 0 Å². The van der Waals surface area contributed by atoms with Crippen molar-refractivity contribution in [2.75, 3.05) is 31.7 Å². The van der Waals surface area contributed by atoms with Crippen LogP contribution in [0.25, 0.3) is 0 Å². The van der Waals surface area contributed by atoms with Gasteiger partial charge in [0, 0.05) is 32.8 Å². The molecule has 120 valence electrons. The molecule has 0 bridgehead atoms. The summed E-state index contributed by atoms with van der Waals surface area (Å²) in [5.41, 5.74) is 1.65. The lowest BCUT2D eigenvalue weighted by Gasteiger charge is -2.31. The topological polar surface area (TPSA) is 24.5 Å². The number of benzene rings is 1. The monoisotopic (exact) mass is 296 g/mol. The zero-order chi connectivity index (χ0) is 15.8. The van der Waals surface area contributed by atoms with Crippen LogP contribution in [0.1, 0.15) is 33.3 Å². The summed E-state index contributed by atoms with van der Waals surface area (Å²) in [5.74, 6) is 0.359. The lowest BCUT2D eigenvalue weighted by Crippen LogP contribution is -2.34. The van der Waals surface area contributed by atoms with E-state index >= 15 is 0 Å². The molecular weight excluding hydrogens is 267 g/mol. The molecule has 0 fully saturated rings. The maximum atomic E-state index is 14.4. The Kier molecular flexibility index (Phi) is 7.68. The van der Waals surface area contributed by atoms with Gasteiger partial charge < -0.3 is 15.0 Å². The second kappa shape index (κ2) is 9.00. The van der Waals surface area contributed by atoms with E-state index in [4.69, 9.17) is 4.74 Å². The Morgan fingerprint density at radius 1 is 1.24 bits per heavy atom. The van der Waals surface area contributed by atoms with Gasteiger partial charge in [-0.25, -0.2) is 4.39 Å². The van der Waals surface area contributed by atoms with Crippen molar-refractivity contribution in [1.29, 1.82) is 0 Å². The van der Waals surface area contributed by atoms with Gasteiger partial charge in [0.1, 0.15) is 5.82 Å². The maximum Gasteiger partial charge on any atom is 0.146 e. The van der Waals surface area contributed by atoms with E-state index in [0.29, 0.717) is 24.8 Å². The van der Waals surface area contributed by atoms with Gasteiger partial charge >= 0.3 is 0 Å². The molecule has 0 radical (unpaired) electrons. The maximum absolute atomic E-state index is 14.4. The highest BCUT2D eigenvalue weighted by Crippen LogP contribution is 2.23. The van der Waals surface area contributed by atoms with Crippen LogP contribution in [0.4, 0.5) is 10.1 Å². The van der Waals surface area contributed by atoms with Crippen LogP contribution in [-0.4, -0.2) is 32.8 Å². The third kappa shape index (κ3) is 6.02. The Bertz CT molecular complexity index is 421. The van der Waals surface area contributed by atoms with E-state index in [-0.39, 0.29) is 11.9 Å². The fourth-order valence-corrected chi connectivity index (χ4v) is 2.28. The highest BCUT2D eigenvalue weighted by Gasteiger charge is 2.16. The van der Waals surface area contributed by atoms with E-state index in [1.54, 1.807) is 13.2 Å². The van der Waals surface area contributed by atoms with Gasteiger partial charge in [0.2, 0.25) is 0 Å². The minimum absolute atomic E-state index is 0.143. The first-order valence-electron chi connectivity index (χ1n) is 7.70. The van der Waals surface area contributed by atoms with E-state index in [2.05, 4.69) is 37.9 Å². The van der Waals surface area contributed by atoms with E-state index in [1.165, 1.54) is 0 Å². The van der Waals surface area contributed by atoms with E-state index < -0.39 is 0 Å². The molecular formula is C17H29FN2O. The van der Waals surface area contributed by atoms with Gasteiger partial charge in [0.05, 0.1) is 12.3 Å². The van der Waals surface area contributed by atoms with Crippen LogP contribution in [-0.2, 0) is 11.3 Å². The molecule has 1 aromatic carbocycles. The van der Waals surface area contributed by atoms with Crippen LogP contribution >= 0.6 is 0 Å². The number of rotatable bonds is 9. The van der Waals surface area contributed by atoms with Gasteiger partial charge in [-0.3, -0.25) is 0 Å². The van der Waals surface area contributed by atoms with Gasteiger partial charge in [-0.2, -0.15) is 0 Å². The first-order chi connectivity index (χ1) is 9.95. The van der Waals surface area contributed by atoms with Gasteiger partial charge in [0.25, 0.3) is 0 Å². The van der Waals surface area contributed by atoms with Crippen LogP contribution in [0.2, 0.25) is 0 Å². The second-order valence-electron chi connectivity index (χ2n) is 6.10. The summed E-state index contributed by atoms with van der Waals surface area (Å²) in [5, 5.41) is 3.23. The van der Waals surface area contributed by atoms with Crippen LogP contribution in [0, 0.1) is 11.7 Å². The summed E-state index contributed by atoms with van der Waals surface area (Å²) in [7, 11) is 1.67. The predicted molar refractivity (Wildman–Crippen MR) is 87.3 cm³/mol. The summed E-state index contributed by atoms with van der Waals surface area (Å²) in [6.45, 7) is 11.5. The van der Waals surface area contributed by atoms with Crippen molar-refractivity contribution in [3.63, 3.8) is 0 Å². The van der Waals surface area contributed by atoms with E-state index in [0.717, 1.165) is 18.7 Å². The minimum Gasteiger partial charge on any atom is -0.383 e. The molecule has 1 N–H and O–H groups in total. The third-order valence-electron chi connectivity index (χ3n) is 3.32. The molecule has 1 aromatic rings. The van der Waals surface area contributed by atoms with Crippen molar-refractivity contribution in [3.05, 3.63) is 29.6 Å². The molecule has 4 heteroatoms. The summed E-state index contributed by atoms with van der Waals surface area (Å²) in [4.78, 5) is 2.13. The van der Waals surface area contributed by atoms with Crippen LogP contribution in [0.5, 0.6) is 0 Å². The molecule has 0 aliphatic rings. The Labute approximate surface area is 128 Å². The minimum atomic E-state index is -0.143. The van der Waals surface area contributed by atoms with E-state index in [1.807, 2.05) is 12.1 Å². The average Bonchev–Trinajstić information content (AvgIpc) is 2.41. The largest absolute Gasteiger partial charge is 0.383 e. The summed E-state index contributed by atoms with van der Waals surface area (Å²) in [6, 6.07) is 5.80. The zero-order valence-corrected chi connectivity index (χ0v) is 13.9. The van der Waals surface area contributed by atoms with Gasteiger partial charge in [-0.15, -0.1) is 0 Å². The SMILES string of the molecule is COCCNCc1ccc(N(CC(C)C)C(C)C)c(F)c1. The molecule has 3 nitrogen and oxygen atoms in total. The Morgan fingerprint density at radius 2 is 1.95 bits per heavy atom. The lowest BCUT2D eigenvalue weighted by atomic mass is 10.1. The van der Waals surface area contributed by atoms with Gasteiger partial charge in [0.15, 0.2) is 0 Å². The average molecular weight is 296 g/mol. The Hall–Kier alpha value is -1.13. The van der Waals surface area contributed by atoms with Crippen molar-refractivity contribution in [2.45, 2.75) is 40.3 Å². The van der Waals surface area contributed by atoms with Crippen molar-refractivity contribution in [3.8, 4) is 0 Å². The smallest absolute Gasteiger partial charge is 0.146 e. The molecule has 0 amide bonds. The normalized spacial score (nSPS) is 11.4. The number of hydrogen-bond acceptors (Lipinski definition) is 3. The number of halogens is 1. The van der Waals surface area contributed by atoms with Gasteiger partial charge in [-0.1, -0.05) is 19.9 Å². The summed E-state index contributed by atoms with van der Waals surface area (Å²) < 4.78 is 19.4. The van der Waals surface area contributed by atoms with E-state index in [9.17, 15) is 4.39 Å². The van der Waals surface area contributed by atoms with Crippen LogP contribution < -0.4 is 10.2 Å². The molecule has 0 saturated heterocycles. The number of methoxy groups -OCH3 is 1. The van der Waals surface area contributed by atoms with Crippen molar-refractivity contribution >= 4 is 5.69 Å². The van der Waals surface area contributed by atoms with Crippen molar-refractivity contribution < 1.29 is 9.13 Å². The molecule has 0 atom stereocenters. The second-order valence-corrected chi connectivity index (χ2v) is 6.10. The van der Waals surface area contributed by atoms with Crippen molar-refractivity contribution in [1.82, 2.24) is 5.32 Å². The Morgan fingerprint density at radius 3 is 2.48 bits per heavy atom. The first kappa shape index (κ1) is 17.9. The standard InChI is InChI=1S/C17H29FN2O/c1-13(2)12-20(14(3)4)17-7-6-15(10-16(17)18)11-19-8-9-21-5/h6-7,10,13-14,19H,8-9,11-12H2,1-5H3. The number of hydrogen-bond donors (Lipinski definition) is 1. The molecule has 0 saturated carbocycles. The third-order valence-corrected chi connectivity index (χ3v) is 3.32. The van der Waals surface area contributed by atoms with Crippen molar-refractivity contribution in [2.24, 2.45) is 5.92 Å². The number of anilines is 1. The molecule has 0 unspecified atom stereocenters. The zero-order valence-electron chi connectivity index (χ0n) is 13.9. The lowest BCUT2D eigenvalue weighted by molar-refractivity contribution is 0.199. The van der Waals surface area contributed by atoms with Crippen LogP contribution in [0.15, 0.2) is 18.2 Å². The number of ether oxygens (including phenoxy) is 1. The first-order valence-corrected chi connectivity index (χ1v) is 7.70. The highest BCUT2D eigenvalue weighted by atomic mass is 19.1. The highest BCUT2D eigenvalue weighted by molar-refractivity contribution is 5.50. The summed E-state index contributed by atoms with van der Waals surface area (Å²) in [6.07, 6.45) is 0. The number of nitrogens with one attached hydrogen (secondary N) is 1. The molecule has 0 aromatic heterocycles. The van der Waals surface area contributed by atoms with Gasteiger partial charge in [-0.05, 0) is 37.5 Å². The molecule has 0 aliphatic heterocycles. The fourth-order valence-electron chi connectivity index (χ4n) is 2.28. The quantitative estimate of drug-likeness (QED) is 0.707. The molecule has 1 rings (SSSR count). The molecule has 21 heavy (non-hydrogen) atoms. The molecule has 0 aliphatic carbocycles. The molecule has 0 spiro atoms.